The van der Waals surface area contributed by atoms with Crippen molar-refractivity contribution in [2.24, 2.45) is 0 Å². The number of aromatic nitrogens is 3. The van der Waals surface area contributed by atoms with Gasteiger partial charge in [0, 0.05) is 44.8 Å². The zero-order chi connectivity index (χ0) is 27.5. The lowest BCUT2D eigenvalue weighted by Crippen LogP contribution is -2.45. The van der Waals surface area contributed by atoms with E-state index in [1.165, 1.54) is 0 Å². The molecule has 39 heavy (non-hydrogen) atoms. The molecule has 2 aromatic heterocycles. The Kier molecular flexibility index (Phi) is 7.89. The molecule has 4 heterocycles. The quantitative estimate of drug-likeness (QED) is 0.358. The van der Waals surface area contributed by atoms with Gasteiger partial charge in [0.2, 0.25) is 11.7 Å². The van der Waals surface area contributed by atoms with Crippen LogP contribution in [0.15, 0.2) is 12.1 Å². The number of benzene rings is 1. The number of aromatic carboxylic acids is 1. The van der Waals surface area contributed by atoms with E-state index >= 15 is 0 Å². The first-order chi connectivity index (χ1) is 18.9. The Balaban J connectivity index is 1.54. The normalized spacial score (nSPS) is 15.1. The Morgan fingerprint density at radius 2 is 1.74 bits per heavy atom. The number of anilines is 4. The van der Waals surface area contributed by atoms with Crippen molar-refractivity contribution in [1.82, 2.24) is 20.3 Å². The minimum atomic E-state index is -0.998. The van der Waals surface area contributed by atoms with Crippen molar-refractivity contribution in [3.8, 4) is 17.2 Å². The van der Waals surface area contributed by atoms with Gasteiger partial charge in [0.15, 0.2) is 16.6 Å². The second-order valence-electron chi connectivity index (χ2n) is 9.33. The average Bonchev–Trinajstić information content (AvgIpc) is 3.32. The second-order valence-corrected chi connectivity index (χ2v) is 10.3. The number of thiazole rings is 1. The van der Waals surface area contributed by atoms with E-state index in [4.69, 9.17) is 24.2 Å². The van der Waals surface area contributed by atoms with Crippen LogP contribution >= 0.6 is 11.3 Å². The highest BCUT2D eigenvalue weighted by Crippen LogP contribution is 2.40. The maximum absolute atomic E-state index is 11.6. The van der Waals surface area contributed by atoms with Crippen LogP contribution in [0.3, 0.4) is 0 Å². The van der Waals surface area contributed by atoms with Crippen molar-refractivity contribution < 1.29 is 24.1 Å². The van der Waals surface area contributed by atoms with Gasteiger partial charge in [-0.1, -0.05) is 11.3 Å². The molecule has 3 N–H and O–H groups in total. The number of nitrogens with zero attached hydrogens (tertiary/aromatic N) is 5. The molecule has 0 atom stereocenters. The number of carbonyl (C=O) groups is 1. The molecule has 2 aliphatic heterocycles. The predicted octanol–water partition coefficient (Wildman–Crippen LogP) is 3.07. The topological polar surface area (TPSA) is 134 Å². The van der Waals surface area contributed by atoms with Crippen LogP contribution in [0.4, 0.5) is 22.7 Å². The van der Waals surface area contributed by atoms with Crippen molar-refractivity contribution in [2.45, 2.75) is 26.3 Å². The molecular formula is C26H33N7O5S. The Morgan fingerprint density at radius 1 is 1.05 bits per heavy atom. The third-order valence-corrected chi connectivity index (χ3v) is 7.90. The largest absolute Gasteiger partial charge is 0.493 e. The standard InChI is InChI=1S/C26H33N7O5S/c1-15-21(24(34)35)39-26(28-15)31-25-29-22(32-10-7-27-8-11-32)17-6-5-9-33(23(17)30-25)14-16-12-18(36-2)20(38-4)19(13-16)37-3/h12-13,27H,5-11,14H2,1-4H3,(H,34,35)(H,28,29,30,31). The minimum absolute atomic E-state index is 0.196. The first-order valence-electron chi connectivity index (χ1n) is 12.8. The molecule has 5 rings (SSSR count). The first-order valence-corrected chi connectivity index (χ1v) is 13.6. The van der Waals surface area contributed by atoms with Crippen molar-refractivity contribution in [3.05, 3.63) is 33.8 Å². The summed E-state index contributed by atoms with van der Waals surface area (Å²) in [7, 11) is 4.81. The number of carboxylic acid groups (broad SMARTS) is 1. The molecule has 0 saturated carbocycles. The monoisotopic (exact) mass is 555 g/mol. The van der Waals surface area contributed by atoms with Gasteiger partial charge < -0.3 is 34.4 Å². The summed E-state index contributed by atoms with van der Waals surface area (Å²) >= 11 is 1.08. The molecule has 1 fully saturated rings. The van der Waals surface area contributed by atoms with Crippen molar-refractivity contribution in [1.29, 1.82) is 0 Å². The number of fused-ring (bicyclic) bond motifs is 1. The Morgan fingerprint density at radius 3 is 2.36 bits per heavy atom. The predicted molar refractivity (Wildman–Crippen MR) is 150 cm³/mol. The van der Waals surface area contributed by atoms with Crippen LogP contribution in [0.2, 0.25) is 0 Å². The minimum Gasteiger partial charge on any atom is -0.493 e. The lowest BCUT2D eigenvalue weighted by Gasteiger charge is -2.35. The third kappa shape index (κ3) is 5.50. The molecule has 13 heteroatoms. The highest BCUT2D eigenvalue weighted by atomic mass is 32.1. The summed E-state index contributed by atoms with van der Waals surface area (Å²) in [5.41, 5.74) is 2.57. The van der Waals surface area contributed by atoms with E-state index in [1.54, 1.807) is 28.3 Å². The molecule has 0 radical (unpaired) electrons. The zero-order valence-electron chi connectivity index (χ0n) is 22.5. The van der Waals surface area contributed by atoms with Gasteiger partial charge in [-0.15, -0.1) is 0 Å². The van der Waals surface area contributed by atoms with Gasteiger partial charge in [0.25, 0.3) is 0 Å². The van der Waals surface area contributed by atoms with E-state index in [-0.39, 0.29) is 4.88 Å². The molecule has 1 saturated heterocycles. The smallest absolute Gasteiger partial charge is 0.347 e. The van der Waals surface area contributed by atoms with Gasteiger partial charge in [-0.3, -0.25) is 5.32 Å². The molecule has 208 valence electrons. The summed E-state index contributed by atoms with van der Waals surface area (Å²) in [6.07, 6.45) is 1.85. The first kappa shape index (κ1) is 26.8. The molecule has 2 aliphatic rings. The average molecular weight is 556 g/mol. The summed E-state index contributed by atoms with van der Waals surface area (Å²) in [5, 5.41) is 16.5. The number of ether oxygens (including phenoxy) is 3. The number of carboxylic acids is 1. The van der Waals surface area contributed by atoms with Crippen LogP contribution in [0.25, 0.3) is 0 Å². The molecule has 0 bridgehead atoms. The van der Waals surface area contributed by atoms with Gasteiger partial charge in [-0.2, -0.15) is 9.97 Å². The Labute approximate surface area is 230 Å². The lowest BCUT2D eigenvalue weighted by atomic mass is 10.0. The maximum atomic E-state index is 11.6. The fourth-order valence-corrected chi connectivity index (χ4v) is 5.84. The number of methoxy groups -OCH3 is 3. The SMILES string of the molecule is COc1cc(CN2CCCc3c(N4CCNCC4)nc(Nc4nc(C)c(C(=O)O)s4)nc32)cc(OC)c1OC. The number of piperazine rings is 1. The van der Waals surface area contributed by atoms with Crippen LogP contribution in [0, 0.1) is 6.92 Å². The molecule has 3 aromatic rings. The number of hydrogen-bond acceptors (Lipinski definition) is 12. The number of aryl methyl sites for hydroxylation is 1. The molecule has 0 aliphatic carbocycles. The lowest BCUT2D eigenvalue weighted by molar-refractivity contribution is 0.0701. The van der Waals surface area contributed by atoms with Crippen molar-refractivity contribution >= 4 is 40.0 Å². The van der Waals surface area contributed by atoms with E-state index in [9.17, 15) is 9.90 Å². The summed E-state index contributed by atoms with van der Waals surface area (Å²) in [6, 6.07) is 3.91. The number of rotatable bonds is 9. The number of hydrogen-bond donors (Lipinski definition) is 3. The zero-order valence-corrected chi connectivity index (χ0v) is 23.4. The van der Waals surface area contributed by atoms with Gasteiger partial charge in [0.1, 0.15) is 16.5 Å². The van der Waals surface area contributed by atoms with Gasteiger partial charge in [-0.05, 0) is 37.5 Å². The van der Waals surface area contributed by atoms with Gasteiger partial charge in [0.05, 0.1) is 27.0 Å². The second kappa shape index (κ2) is 11.5. The van der Waals surface area contributed by atoms with Crippen LogP contribution in [-0.4, -0.2) is 80.1 Å². The van der Waals surface area contributed by atoms with E-state index in [2.05, 4.69) is 25.4 Å². The van der Waals surface area contributed by atoms with Crippen molar-refractivity contribution in [2.75, 3.05) is 69.2 Å². The van der Waals surface area contributed by atoms with Crippen LogP contribution in [0.1, 0.15) is 32.9 Å². The summed E-state index contributed by atoms with van der Waals surface area (Å²) in [6.45, 7) is 6.53. The van der Waals surface area contributed by atoms with E-state index in [0.29, 0.717) is 40.6 Å². The van der Waals surface area contributed by atoms with Crippen LogP contribution in [-0.2, 0) is 13.0 Å². The van der Waals surface area contributed by atoms with Crippen LogP contribution < -0.4 is 34.6 Å². The van der Waals surface area contributed by atoms with Crippen LogP contribution in [0.5, 0.6) is 17.2 Å². The molecule has 12 nitrogen and oxygen atoms in total. The molecule has 1 aromatic carbocycles. The molecule has 0 unspecified atom stereocenters. The highest BCUT2D eigenvalue weighted by Gasteiger charge is 2.28. The third-order valence-electron chi connectivity index (χ3n) is 6.84. The summed E-state index contributed by atoms with van der Waals surface area (Å²) in [5.74, 6) is 2.91. The Hall–Kier alpha value is -3.84. The molecular weight excluding hydrogens is 522 g/mol. The van der Waals surface area contributed by atoms with Gasteiger partial charge in [-0.25, -0.2) is 9.78 Å². The summed E-state index contributed by atoms with van der Waals surface area (Å²) < 4.78 is 16.6. The molecule has 0 spiro atoms. The fourth-order valence-electron chi connectivity index (χ4n) is 5.04. The van der Waals surface area contributed by atoms with Gasteiger partial charge >= 0.3 is 5.97 Å². The molecule has 0 amide bonds. The van der Waals surface area contributed by atoms with E-state index in [1.807, 2.05) is 12.1 Å². The van der Waals surface area contributed by atoms with Crippen molar-refractivity contribution in [3.63, 3.8) is 0 Å². The maximum Gasteiger partial charge on any atom is 0.347 e. The highest BCUT2D eigenvalue weighted by molar-refractivity contribution is 7.17. The Bertz CT molecular complexity index is 1330. The summed E-state index contributed by atoms with van der Waals surface area (Å²) in [4.78, 5) is 30.5. The fraction of sp³-hybridized carbons (Fsp3) is 0.462. The van der Waals surface area contributed by atoms with E-state index in [0.717, 1.165) is 79.7 Å². The number of nitrogens with one attached hydrogen (secondary N) is 2. The van der Waals surface area contributed by atoms with E-state index < -0.39 is 5.97 Å².